The lowest BCUT2D eigenvalue weighted by molar-refractivity contribution is -0.161. The van der Waals surface area contributed by atoms with Crippen LogP contribution in [0.15, 0.2) is 24.3 Å². The molecule has 0 aromatic heterocycles. The molecular weight excluding hydrogens is 377 g/mol. The van der Waals surface area contributed by atoms with Gasteiger partial charge in [0.15, 0.2) is 0 Å². The van der Waals surface area contributed by atoms with Gasteiger partial charge in [0, 0.05) is 5.92 Å². The third-order valence-corrected chi connectivity index (χ3v) is 5.49. The second kappa shape index (κ2) is 7.09. The van der Waals surface area contributed by atoms with Crippen LogP contribution in [0.2, 0.25) is 0 Å². The average molecular weight is 401 g/mol. The van der Waals surface area contributed by atoms with Crippen molar-refractivity contribution in [3.63, 3.8) is 0 Å². The number of ether oxygens (including phenoxy) is 1. The van der Waals surface area contributed by atoms with Crippen molar-refractivity contribution in [1.29, 1.82) is 0 Å². The average Bonchev–Trinajstić information content (AvgIpc) is 2.48. The monoisotopic (exact) mass is 401 g/mol. The van der Waals surface area contributed by atoms with Gasteiger partial charge in [-0.25, -0.2) is 0 Å². The van der Waals surface area contributed by atoms with Crippen LogP contribution in [0, 0.1) is 12.8 Å². The van der Waals surface area contributed by atoms with E-state index in [1.54, 1.807) is 0 Å². The highest BCUT2D eigenvalue weighted by molar-refractivity contribution is 14.1. The Bertz CT molecular complexity index is 478. The van der Waals surface area contributed by atoms with Crippen molar-refractivity contribution in [2.24, 2.45) is 5.92 Å². The zero-order valence-corrected chi connectivity index (χ0v) is 15.1. The number of esters is 1. The number of benzene rings is 1. The zero-order chi connectivity index (χ0) is 15.5. The van der Waals surface area contributed by atoms with E-state index in [1.807, 2.05) is 45.0 Å². The summed E-state index contributed by atoms with van der Waals surface area (Å²) >= 11 is 2.17. The molecule has 0 spiro atoms. The van der Waals surface area contributed by atoms with Crippen LogP contribution < -0.4 is 5.32 Å². The molecule has 21 heavy (non-hydrogen) atoms. The van der Waals surface area contributed by atoms with Crippen molar-refractivity contribution in [2.75, 3.05) is 13.1 Å². The number of alkyl halides is 1. The number of carbonyl (C=O) groups is 1. The van der Waals surface area contributed by atoms with Gasteiger partial charge in [0.05, 0.1) is 0 Å². The summed E-state index contributed by atoms with van der Waals surface area (Å²) in [6, 6.07) is 8.08. The quantitative estimate of drug-likeness (QED) is 0.474. The molecule has 1 fully saturated rings. The summed E-state index contributed by atoms with van der Waals surface area (Å²) in [5.74, 6) is 0.298. The highest BCUT2D eigenvalue weighted by Gasteiger charge is 2.35. The summed E-state index contributed by atoms with van der Waals surface area (Å²) in [4.78, 5) is 12.4. The summed E-state index contributed by atoms with van der Waals surface area (Å²) in [6.45, 7) is 8.15. The molecular formula is C17H24INO2. The summed E-state index contributed by atoms with van der Waals surface area (Å²) in [6.07, 6.45) is 2.13. The van der Waals surface area contributed by atoms with Gasteiger partial charge in [0.1, 0.15) is 9.53 Å². The number of nitrogens with one attached hydrogen (secondary N) is 1. The zero-order valence-electron chi connectivity index (χ0n) is 13.0. The maximum Gasteiger partial charge on any atom is 0.323 e. The molecule has 1 N–H and O–H groups in total. The molecule has 1 unspecified atom stereocenters. The van der Waals surface area contributed by atoms with Gasteiger partial charge >= 0.3 is 5.97 Å². The number of hydrogen-bond donors (Lipinski definition) is 1. The predicted octanol–water partition coefficient (Wildman–Crippen LogP) is 3.79. The molecule has 1 aromatic rings. The van der Waals surface area contributed by atoms with Crippen molar-refractivity contribution < 1.29 is 9.53 Å². The number of rotatable bonds is 4. The molecule has 0 aliphatic carbocycles. The van der Waals surface area contributed by atoms with E-state index in [4.69, 9.17) is 4.74 Å². The van der Waals surface area contributed by atoms with Crippen LogP contribution in [-0.4, -0.2) is 24.7 Å². The number of hydrogen-bond acceptors (Lipinski definition) is 3. The number of carbonyl (C=O) groups excluding carboxylic acids is 1. The summed E-state index contributed by atoms with van der Waals surface area (Å²) < 4.78 is 5.60. The third-order valence-electron chi connectivity index (χ3n) is 4.26. The molecule has 1 aliphatic rings. The van der Waals surface area contributed by atoms with Crippen molar-refractivity contribution in [1.82, 2.24) is 5.32 Å². The van der Waals surface area contributed by atoms with Crippen molar-refractivity contribution in [2.45, 2.75) is 43.1 Å². The first kappa shape index (κ1) is 16.7. The van der Waals surface area contributed by atoms with E-state index >= 15 is 0 Å². The largest absolute Gasteiger partial charge is 0.458 e. The first-order chi connectivity index (χ1) is 9.90. The Morgan fingerprint density at radius 2 is 1.86 bits per heavy atom. The van der Waals surface area contributed by atoms with Gasteiger partial charge in [-0.3, -0.25) is 4.79 Å². The van der Waals surface area contributed by atoms with Crippen LogP contribution in [0.1, 0.15) is 41.7 Å². The predicted molar refractivity (Wildman–Crippen MR) is 93.7 cm³/mol. The first-order valence-electron chi connectivity index (χ1n) is 7.54. The molecule has 1 aliphatic heterocycles. The fraction of sp³-hybridized carbons (Fsp3) is 0.588. The van der Waals surface area contributed by atoms with E-state index < -0.39 is 5.60 Å². The van der Waals surface area contributed by atoms with E-state index in [9.17, 15) is 4.79 Å². The topological polar surface area (TPSA) is 38.3 Å². The molecule has 0 bridgehead atoms. The minimum Gasteiger partial charge on any atom is -0.458 e. The second-order valence-corrected chi connectivity index (χ2v) is 7.57. The van der Waals surface area contributed by atoms with E-state index in [2.05, 4.69) is 27.9 Å². The third kappa shape index (κ3) is 4.42. The van der Waals surface area contributed by atoms with Crippen LogP contribution in [0.4, 0.5) is 0 Å². The Morgan fingerprint density at radius 3 is 2.43 bits per heavy atom. The molecule has 116 valence electrons. The first-order valence-corrected chi connectivity index (χ1v) is 8.79. The Labute approximate surface area is 141 Å². The maximum atomic E-state index is 12.4. The molecule has 0 saturated carbocycles. The lowest BCUT2D eigenvalue weighted by atomic mass is 9.83. The van der Waals surface area contributed by atoms with Crippen molar-refractivity contribution in [3.8, 4) is 0 Å². The molecule has 2 rings (SSSR count). The van der Waals surface area contributed by atoms with Gasteiger partial charge in [-0.05, 0) is 52.3 Å². The van der Waals surface area contributed by atoms with Crippen molar-refractivity contribution in [3.05, 3.63) is 35.4 Å². The number of halogens is 1. The molecule has 1 saturated heterocycles. The number of aryl methyl sites for hydroxylation is 1. The molecule has 3 nitrogen and oxygen atoms in total. The smallest absolute Gasteiger partial charge is 0.323 e. The molecule has 1 heterocycles. The Hall–Kier alpha value is -0.620. The normalized spacial score (nSPS) is 18.3. The Kier molecular flexibility index (Phi) is 5.66. The standard InChI is InChI=1S/C17H24INO2/c1-12-4-6-13(7-5-12)15(18)16(20)21-17(2,3)14-8-10-19-11-9-14/h4-7,14-15,19H,8-11H2,1-3H3. The van der Waals surface area contributed by atoms with Crippen LogP contribution in [0.5, 0.6) is 0 Å². The Balaban J connectivity index is 2.00. The fourth-order valence-electron chi connectivity index (χ4n) is 2.78. The molecule has 0 radical (unpaired) electrons. The van der Waals surface area contributed by atoms with Gasteiger partial charge in [-0.2, -0.15) is 0 Å². The Morgan fingerprint density at radius 1 is 1.29 bits per heavy atom. The number of piperidine rings is 1. The molecule has 4 heteroatoms. The van der Waals surface area contributed by atoms with Gasteiger partial charge in [0.2, 0.25) is 0 Å². The highest BCUT2D eigenvalue weighted by Crippen LogP contribution is 2.33. The van der Waals surface area contributed by atoms with Crippen LogP contribution in [0.25, 0.3) is 0 Å². The highest BCUT2D eigenvalue weighted by atomic mass is 127. The SMILES string of the molecule is Cc1ccc(C(I)C(=O)OC(C)(C)C2CCNCC2)cc1. The van der Waals surface area contributed by atoms with Crippen LogP contribution in [0.3, 0.4) is 0 Å². The second-order valence-electron chi connectivity index (χ2n) is 6.32. The minimum atomic E-state index is -0.396. The van der Waals surface area contributed by atoms with E-state index in [-0.39, 0.29) is 9.89 Å². The van der Waals surface area contributed by atoms with Gasteiger partial charge in [0.25, 0.3) is 0 Å². The molecule has 1 aromatic carbocycles. The lowest BCUT2D eigenvalue weighted by Gasteiger charge is -2.37. The van der Waals surface area contributed by atoms with Crippen LogP contribution in [-0.2, 0) is 9.53 Å². The summed E-state index contributed by atoms with van der Waals surface area (Å²) in [7, 11) is 0. The maximum absolute atomic E-state index is 12.4. The van der Waals surface area contributed by atoms with E-state index in [1.165, 1.54) is 5.56 Å². The van der Waals surface area contributed by atoms with E-state index in [0.717, 1.165) is 31.5 Å². The van der Waals surface area contributed by atoms with Gasteiger partial charge in [-0.1, -0.05) is 52.4 Å². The van der Waals surface area contributed by atoms with Crippen molar-refractivity contribution >= 4 is 28.6 Å². The molecule has 0 amide bonds. The summed E-state index contributed by atoms with van der Waals surface area (Å²) in [5.41, 5.74) is 1.81. The summed E-state index contributed by atoms with van der Waals surface area (Å²) in [5, 5.41) is 3.35. The van der Waals surface area contributed by atoms with Gasteiger partial charge < -0.3 is 10.1 Å². The molecule has 1 atom stereocenters. The van der Waals surface area contributed by atoms with E-state index in [0.29, 0.717) is 5.92 Å². The lowest BCUT2D eigenvalue weighted by Crippen LogP contribution is -2.43. The van der Waals surface area contributed by atoms with Crippen LogP contribution >= 0.6 is 22.6 Å². The fourth-order valence-corrected chi connectivity index (χ4v) is 3.33. The minimum absolute atomic E-state index is 0.136. The van der Waals surface area contributed by atoms with Gasteiger partial charge in [-0.15, -0.1) is 0 Å².